The molecule has 0 saturated carbocycles. The molecule has 0 bridgehead atoms. The van der Waals surface area contributed by atoms with E-state index in [4.69, 9.17) is 4.74 Å². The van der Waals surface area contributed by atoms with Crippen LogP contribution in [-0.2, 0) is 14.8 Å². The molecule has 1 heterocycles. The van der Waals surface area contributed by atoms with Gasteiger partial charge in [0.05, 0.1) is 18.6 Å². The molecule has 1 fully saturated rings. The van der Waals surface area contributed by atoms with Gasteiger partial charge >= 0.3 is 0 Å². The van der Waals surface area contributed by atoms with E-state index in [0.29, 0.717) is 30.9 Å². The fourth-order valence-corrected chi connectivity index (χ4v) is 4.21. The third-order valence-electron chi connectivity index (χ3n) is 4.68. The second kappa shape index (κ2) is 9.94. The quantitative estimate of drug-likeness (QED) is 0.688. The van der Waals surface area contributed by atoms with Gasteiger partial charge in [0.25, 0.3) is 0 Å². The van der Waals surface area contributed by atoms with E-state index in [1.807, 2.05) is 13.0 Å². The van der Waals surface area contributed by atoms with E-state index in [1.54, 1.807) is 18.2 Å². The maximum atomic E-state index is 12.3. The van der Waals surface area contributed by atoms with Gasteiger partial charge in [0, 0.05) is 19.0 Å². The van der Waals surface area contributed by atoms with Crippen LogP contribution in [0, 0.1) is 0 Å². The molecule has 0 atom stereocenters. The number of hydrogen-bond acceptors (Lipinski definition) is 5. The summed E-state index contributed by atoms with van der Waals surface area (Å²) in [5.74, 6) is 0.511. The van der Waals surface area contributed by atoms with E-state index in [1.165, 1.54) is 10.6 Å². The topological polar surface area (TPSA) is 79.0 Å². The lowest BCUT2D eigenvalue weighted by atomic mass is 10.1. The van der Waals surface area contributed by atoms with Crippen molar-refractivity contribution >= 4 is 21.6 Å². The molecule has 1 aliphatic rings. The highest BCUT2D eigenvalue weighted by Crippen LogP contribution is 2.30. The number of benzene rings is 1. The van der Waals surface area contributed by atoms with Crippen molar-refractivity contribution in [1.29, 1.82) is 0 Å². The molecule has 1 aliphatic heterocycles. The summed E-state index contributed by atoms with van der Waals surface area (Å²) in [7, 11) is -1.39. The molecule has 1 amide bonds. The van der Waals surface area contributed by atoms with Crippen LogP contribution in [0.15, 0.2) is 24.3 Å². The smallest absolute Gasteiger partial charge is 0.232 e. The number of ether oxygens (including phenoxy) is 1. The van der Waals surface area contributed by atoms with Gasteiger partial charge in [0.1, 0.15) is 5.75 Å². The molecule has 7 nitrogen and oxygen atoms in total. The van der Waals surface area contributed by atoms with Crippen LogP contribution in [0.5, 0.6) is 5.75 Å². The number of para-hydroxylation sites is 2. The average molecular weight is 398 g/mol. The second-order valence-corrected chi connectivity index (χ2v) is 8.89. The van der Waals surface area contributed by atoms with Crippen LogP contribution in [0.3, 0.4) is 0 Å². The van der Waals surface area contributed by atoms with E-state index in [2.05, 4.69) is 17.3 Å². The van der Waals surface area contributed by atoms with Crippen LogP contribution in [-0.4, -0.2) is 64.8 Å². The van der Waals surface area contributed by atoms with Gasteiger partial charge < -0.3 is 15.0 Å². The molecule has 1 aromatic carbocycles. The van der Waals surface area contributed by atoms with Crippen LogP contribution in [0.25, 0.3) is 0 Å². The minimum atomic E-state index is -3.47. The zero-order valence-corrected chi connectivity index (χ0v) is 17.3. The Morgan fingerprint density at radius 2 is 1.96 bits per heavy atom. The second-order valence-electron chi connectivity index (χ2n) is 6.98. The van der Waals surface area contributed by atoms with Crippen molar-refractivity contribution in [3.05, 3.63) is 24.3 Å². The molecule has 1 N–H and O–H groups in total. The summed E-state index contributed by atoms with van der Waals surface area (Å²) >= 11 is 0. The van der Waals surface area contributed by atoms with E-state index in [-0.39, 0.29) is 18.5 Å². The Hall–Kier alpha value is -1.80. The van der Waals surface area contributed by atoms with Gasteiger partial charge in [0.2, 0.25) is 15.9 Å². The minimum Gasteiger partial charge on any atom is -0.492 e. The molecule has 0 aromatic heterocycles. The molecular formula is C19H31N3O4S. The molecule has 0 unspecified atom stereocenters. The first-order valence-electron chi connectivity index (χ1n) is 9.48. The van der Waals surface area contributed by atoms with Crippen LogP contribution in [0.2, 0.25) is 0 Å². The lowest BCUT2D eigenvalue weighted by Crippen LogP contribution is -2.43. The number of piperidine rings is 1. The van der Waals surface area contributed by atoms with E-state index < -0.39 is 10.0 Å². The average Bonchev–Trinajstić information content (AvgIpc) is 2.61. The van der Waals surface area contributed by atoms with Crippen LogP contribution < -0.4 is 14.4 Å². The first-order valence-corrected chi connectivity index (χ1v) is 11.3. The van der Waals surface area contributed by atoms with Crippen LogP contribution in [0.1, 0.15) is 32.6 Å². The Bertz CT molecular complexity index is 715. The van der Waals surface area contributed by atoms with Crippen molar-refractivity contribution in [3.8, 4) is 5.75 Å². The van der Waals surface area contributed by atoms with Gasteiger partial charge in [-0.15, -0.1) is 0 Å². The molecular weight excluding hydrogens is 366 g/mol. The van der Waals surface area contributed by atoms with Crippen LogP contribution in [0.4, 0.5) is 5.69 Å². The highest BCUT2D eigenvalue weighted by Gasteiger charge is 2.22. The standard InChI is InChI=1S/C19H31N3O4S/c1-4-26-18-9-6-5-8-17(18)22(27(3,24)25)13-7-10-19(23)20-16-11-14-21(2)15-12-16/h5-6,8-9,16H,4,7,10-15H2,1-3H3,(H,20,23). The Morgan fingerprint density at radius 3 is 2.59 bits per heavy atom. The number of amides is 1. The summed E-state index contributed by atoms with van der Waals surface area (Å²) in [4.78, 5) is 14.5. The molecule has 0 aliphatic carbocycles. The highest BCUT2D eigenvalue weighted by atomic mass is 32.2. The van der Waals surface area contributed by atoms with Gasteiger partial charge in [-0.25, -0.2) is 8.42 Å². The number of carbonyl (C=O) groups excluding carboxylic acids is 1. The Labute approximate surface area is 162 Å². The summed E-state index contributed by atoms with van der Waals surface area (Å²) in [6, 6.07) is 7.29. The molecule has 0 spiro atoms. The Balaban J connectivity index is 1.93. The van der Waals surface area contributed by atoms with Gasteiger partial charge in [-0.3, -0.25) is 9.10 Å². The number of anilines is 1. The number of rotatable bonds is 9. The first kappa shape index (κ1) is 21.5. The Morgan fingerprint density at radius 1 is 1.30 bits per heavy atom. The van der Waals surface area contributed by atoms with E-state index in [9.17, 15) is 13.2 Å². The number of likely N-dealkylation sites (tertiary alicyclic amines) is 1. The third-order valence-corrected chi connectivity index (χ3v) is 5.86. The summed E-state index contributed by atoms with van der Waals surface area (Å²) in [6.07, 6.45) is 3.84. The predicted octanol–water partition coefficient (Wildman–Crippen LogP) is 1.84. The molecule has 8 heteroatoms. The fraction of sp³-hybridized carbons (Fsp3) is 0.632. The SMILES string of the molecule is CCOc1ccccc1N(CCCC(=O)NC1CCN(C)CC1)S(C)(=O)=O. The zero-order chi connectivity index (χ0) is 19.9. The molecule has 1 saturated heterocycles. The molecule has 2 rings (SSSR count). The van der Waals surface area contributed by atoms with E-state index in [0.717, 1.165) is 25.9 Å². The third kappa shape index (κ3) is 6.70. The molecule has 0 radical (unpaired) electrons. The maximum absolute atomic E-state index is 12.3. The van der Waals surface area contributed by atoms with Gasteiger partial charge in [-0.2, -0.15) is 0 Å². The predicted molar refractivity (Wildman–Crippen MR) is 108 cm³/mol. The van der Waals surface area contributed by atoms with E-state index >= 15 is 0 Å². The summed E-state index contributed by atoms with van der Waals surface area (Å²) in [5, 5.41) is 3.07. The summed E-state index contributed by atoms with van der Waals surface area (Å²) in [5.41, 5.74) is 0.512. The lowest BCUT2D eigenvalue weighted by molar-refractivity contribution is -0.122. The van der Waals surface area contributed by atoms with Crippen LogP contribution >= 0.6 is 0 Å². The first-order chi connectivity index (χ1) is 12.8. The number of nitrogens with zero attached hydrogens (tertiary/aromatic N) is 2. The lowest BCUT2D eigenvalue weighted by Gasteiger charge is -2.29. The van der Waals surface area contributed by atoms with Crippen molar-refractivity contribution in [2.45, 2.75) is 38.6 Å². The normalized spacial score (nSPS) is 16.1. The fourth-order valence-electron chi connectivity index (χ4n) is 3.24. The largest absolute Gasteiger partial charge is 0.492 e. The van der Waals surface area contributed by atoms with Gasteiger partial charge in [-0.05, 0) is 58.5 Å². The number of nitrogens with one attached hydrogen (secondary N) is 1. The van der Waals surface area contributed by atoms with Gasteiger partial charge in [-0.1, -0.05) is 12.1 Å². The zero-order valence-electron chi connectivity index (χ0n) is 16.5. The molecule has 152 valence electrons. The van der Waals surface area contributed by atoms with Crippen molar-refractivity contribution < 1.29 is 17.9 Å². The summed E-state index contributed by atoms with van der Waals surface area (Å²) in [6.45, 7) is 4.52. The van der Waals surface area contributed by atoms with Crippen molar-refractivity contribution in [2.75, 3.05) is 43.8 Å². The summed E-state index contributed by atoms with van der Waals surface area (Å²) < 4.78 is 31.4. The number of carbonyl (C=O) groups is 1. The minimum absolute atomic E-state index is 0.0175. The molecule has 27 heavy (non-hydrogen) atoms. The van der Waals surface area contributed by atoms with Gasteiger partial charge in [0.15, 0.2) is 0 Å². The van der Waals surface area contributed by atoms with Crippen molar-refractivity contribution in [2.24, 2.45) is 0 Å². The number of sulfonamides is 1. The molecule has 1 aromatic rings. The highest BCUT2D eigenvalue weighted by molar-refractivity contribution is 7.92. The Kier molecular flexibility index (Phi) is 7.91. The van der Waals surface area contributed by atoms with Crippen molar-refractivity contribution in [1.82, 2.24) is 10.2 Å². The van der Waals surface area contributed by atoms with Crippen molar-refractivity contribution in [3.63, 3.8) is 0 Å². The maximum Gasteiger partial charge on any atom is 0.232 e. The number of hydrogen-bond donors (Lipinski definition) is 1. The monoisotopic (exact) mass is 397 g/mol.